The molecular formula is C86H125N21O23. The Morgan fingerprint density at radius 3 is 1.38 bits per heavy atom. The van der Waals surface area contributed by atoms with Crippen LogP contribution in [-0.2, 0) is 107 Å². The van der Waals surface area contributed by atoms with Gasteiger partial charge in [-0.1, -0.05) is 100 Å². The highest BCUT2D eigenvalue weighted by Crippen LogP contribution is 2.24. The topological polar surface area (TPSA) is 705 Å². The second kappa shape index (κ2) is 52.3. The smallest absolute Gasteiger partial charge is 0.328 e. The predicted molar refractivity (Wildman–Crippen MR) is 467 cm³/mol. The highest BCUT2D eigenvalue weighted by Gasteiger charge is 2.44. The Balaban J connectivity index is 1.15. The van der Waals surface area contributed by atoms with Crippen molar-refractivity contribution in [3.63, 3.8) is 0 Å². The van der Waals surface area contributed by atoms with E-state index in [9.17, 15) is 112 Å². The van der Waals surface area contributed by atoms with E-state index >= 15 is 0 Å². The lowest BCUT2D eigenvalue weighted by atomic mass is 10.00. The number of aliphatic carboxylic acids is 3. The first-order valence-corrected chi connectivity index (χ1v) is 43.2. The number of carboxylic acids is 3. The number of imidazole rings is 1. The lowest BCUT2D eigenvalue weighted by Gasteiger charge is -2.31. The summed E-state index contributed by atoms with van der Waals surface area (Å²) in [5.74, 6) is -19.9. The average Bonchev–Trinajstić information content (AvgIpc) is 1.65. The number of aliphatic hydroxyl groups excluding tert-OH is 2. The van der Waals surface area contributed by atoms with Crippen LogP contribution in [0.1, 0.15) is 154 Å². The number of unbranched alkanes of at least 4 members (excludes halogenated alkanes) is 1. The van der Waals surface area contributed by atoms with Crippen LogP contribution in [0.3, 0.4) is 0 Å². The van der Waals surface area contributed by atoms with Crippen LogP contribution in [0, 0.1) is 17.2 Å². The maximum Gasteiger partial charge on any atom is 0.328 e. The van der Waals surface area contributed by atoms with Crippen LogP contribution in [0.2, 0.25) is 0 Å². The van der Waals surface area contributed by atoms with Gasteiger partial charge in [-0.15, -0.1) is 0 Å². The van der Waals surface area contributed by atoms with Gasteiger partial charge in [-0.05, 0) is 139 Å². The summed E-state index contributed by atoms with van der Waals surface area (Å²) in [7, 11) is 0. The van der Waals surface area contributed by atoms with Crippen LogP contribution in [0.25, 0.3) is 0 Å². The molecule has 712 valence electrons. The number of guanidine groups is 1. The number of nitrogens with one attached hydrogen (secondary N) is 15. The number of nitrogens with zero attached hydrogens (tertiary/aromatic N) is 3. The fourth-order valence-electron chi connectivity index (χ4n) is 14.7. The van der Waals surface area contributed by atoms with E-state index in [0.717, 1.165) is 11.8 Å². The Kier molecular flexibility index (Phi) is 42.5. The Labute approximate surface area is 751 Å². The molecular weight excluding hydrogens is 1700 g/mol. The molecule has 0 bridgehead atoms. The summed E-state index contributed by atoms with van der Waals surface area (Å²) in [5.41, 5.74) is 19.6. The number of phenolic OH excluding ortho intramolecular Hbond substituents is 1. The maximum absolute atomic E-state index is 14.8. The molecule has 0 radical (unpaired) electrons. The van der Waals surface area contributed by atoms with Gasteiger partial charge in [0, 0.05) is 57.9 Å². The van der Waals surface area contributed by atoms with Gasteiger partial charge in [0.1, 0.15) is 84.3 Å². The quantitative estimate of drug-likeness (QED) is 0.0113. The van der Waals surface area contributed by atoms with Gasteiger partial charge >= 0.3 is 17.9 Å². The number of amides is 14. The standard InChI is InChI=1S/C86H125N21O23/c1-45(2)37-63(84(128)107-36-18-26-65(107)79(123)96-58(31-32-66(111)112)74(118)98-59(38-50-19-10-8-11-20-50)76(120)99-60(39-51-21-12-9-13-22-51)78(122)105-70(49(7)109)85(129)130)102-71(115)47(5)94-75(119)62(42-67(113)114)100-73(117)56(23-14-15-33-87)95-72(116)57(24-16-34-92-86(89)90)97-81(125)68(46(3)4)103-82(126)69(48(6)108)104-77(121)61(40-52-27-29-54(110)30-28-52)101-80(124)64-25-17-35-106(64)83(127)55(88)41-53-43-91-44-93-53/h8-13,19-22,27-30,43-49,55-65,68-70,108-110H,14-18,23-26,31-42,87-88H2,1-7H3,(H,91,93)(H,94,119)(H,95,116)(H,96,123)(H,97,125)(H,98,118)(H,99,120)(H,100,117)(H,101,124)(H,102,115)(H,103,126)(H,104,121)(H,105,122)(H,111,112)(H,113,114)(H,129,130)(H4,89,90,92)/t47-,48+,49+,55-,56-,57-,58-,59-,60-,61-,62-,63-,64-,65-,68-,69-,70-/m0/s1. The molecule has 0 aliphatic carbocycles. The van der Waals surface area contributed by atoms with Gasteiger partial charge in [0.25, 0.3) is 0 Å². The molecule has 0 saturated carbocycles. The number of likely N-dealkylation sites (tertiary alicyclic amines) is 2. The largest absolute Gasteiger partial charge is 0.508 e. The van der Waals surface area contributed by atoms with Crippen molar-refractivity contribution >= 4 is 107 Å². The van der Waals surface area contributed by atoms with Crippen molar-refractivity contribution in [3.8, 4) is 5.75 Å². The van der Waals surface area contributed by atoms with Gasteiger partial charge in [-0.3, -0.25) is 82.1 Å². The molecule has 2 aliphatic heterocycles. The first kappa shape index (κ1) is 106. The Hall–Kier alpha value is -13.2. The second-order valence-electron chi connectivity index (χ2n) is 33.2. The summed E-state index contributed by atoms with van der Waals surface area (Å²) in [5, 5.41) is 102. The van der Waals surface area contributed by atoms with E-state index in [1.54, 1.807) is 80.7 Å². The van der Waals surface area contributed by atoms with E-state index in [0.29, 0.717) is 28.8 Å². The summed E-state index contributed by atoms with van der Waals surface area (Å²) in [4.78, 5) is 248. The van der Waals surface area contributed by atoms with Crippen LogP contribution >= 0.6 is 0 Å². The number of H-pyrrole nitrogens is 1. The zero-order valence-electron chi connectivity index (χ0n) is 73.8. The number of aromatic nitrogens is 2. The minimum absolute atomic E-state index is 0.00489. The van der Waals surface area contributed by atoms with Crippen molar-refractivity contribution in [2.45, 2.75) is 260 Å². The number of aliphatic hydroxyl groups is 2. The molecule has 2 saturated heterocycles. The van der Waals surface area contributed by atoms with Crippen LogP contribution in [0.4, 0.5) is 0 Å². The predicted octanol–water partition coefficient (Wildman–Crippen LogP) is -4.19. The fourth-order valence-corrected chi connectivity index (χ4v) is 14.7. The number of nitrogens with two attached hydrogens (primary N) is 3. The van der Waals surface area contributed by atoms with Gasteiger partial charge in [0.05, 0.1) is 36.7 Å². The number of phenols is 1. The summed E-state index contributed by atoms with van der Waals surface area (Å²) < 4.78 is 0. The van der Waals surface area contributed by atoms with Crippen molar-refractivity contribution in [2.24, 2.45) is 29.0 Å². The molecule has 1 aromatic heterocycles. The third kappa shape index (κ3) is 34.1. The van der Waals surface area contributed by atoms with Crippen LogP contribution in [-0.4, -0.2) is 286 Å². The number of carbonyl (C=O) groups excluding carboxylic acids is 14. The van der Waals surface area contributed by atoms with E-state index in [-0.39, 0.29) is 121 Å². The van der Waals surface area contributed by atoms with E-state index in [1.165, 1.54) is 63.2 Å². The Morgan fingerprint density at radius 1 is 0.477 bits per heavy atom. The number of hydrogen-bond acceptors (Lipinski definition) is 24. The van der Waals surface area contributed by atoms with Gasteiger partial charge in [0.15, 0.2) is 12.0 Å². The number of carbonyl (C=O) groups is 17. The first-order valence-electron chi connectivity index (χ1n) is 43.2. The minimum Gasteiger partial charge on any atom is -0.508 e. The molecule has 3 aromatic carbocycles. The van der Waals surface area contributed by atoms with Crippen molar-refractivity contribution in [2.75, 3.05) is 26.2 Å². The Morgan fingerprint density at radius 2 is 0.908 bits per heavy atom. The molecule has 0 spiro atoms. The van der Waals surface area contributed by atoms with Crippen LogP contribution in [0.15, 0.2) is 97.5 Å². The number of aromatic amines is 1. The average molecular weight is 1820 g/mol. The molecule has 27 N–H and O–H groups in total. The van der Waals surface area contributed by atoms with E-state index in [1.807, 2.05) is 0 Å². The van der Waals surface area contributed by atoms with Gasteiger partial charge in [0.2, 0.25) is 82.7 Å². The summed E-state index contributed by atoms with van der Waals surface area (Å²) in [6.07, 6.45) is -2.60. The lowest BCUT2D eigenvalue weighted by Crippen LogP contribution is -2.62. The van der Waals surface area contributed by atoms with Gasteiger partial charge in [-0.2, -0.15) is 0 Å². The molecule has 44 heteroatoms. The zero-order valence-corrected chi connectivity index (χ0v) is 73.8. The molecule has 2 fully saturated rings. The van der Waals surface area contributed by atoms with Crippen LogP contribution < -0.4 is 86.3 Å². The van der Waals surface area contributed by atoms with Gasteiger partial charge in [-0.25, -0.2) is 9.78 Å². The van der Waals surface area contributed by atoms with E-state index in [2.05, 4.69) is 79.1 Å². The zero-order chi connectivity index (χ0) is 96.2. The molecule has 2 aliphatic rings. The molecule has 17 atom stereocenters. The summed E-state index contributed by atoms with van der Waals surface area (Å²) in [6, 6.07) is -1.07. The Bertz CT molecular complexity index is 4530. The second-order valence-corrected chi connectivity index (χ2v) is 33.2. The molecule has 4 aromatic rings. The molecule has 14 amide bonds. The first-order chi connectivity index (χ1) is 61.5. The number of carboxylic acid groups (broad SMARTS) is 3. The van der Waals surface area contributed by atoms with Crippen molar-refractivity contribution in [1.82, 2.24) is 88.9 Å². The number of rotatable bonds is 53. The lowest BCUT2D eigenvalue weighted by molar-refractivity contribution is -0.145. The van der Waals surface area contributed by atoms with E-state index in [4.69, 9.17) is 22.6 Å². The summed E-state index contributed by atoms with van der Waals surface area (Å²) >= 11 is 0. The molecule has 0 unspecified atom stereocenters. The van der Waals surface area contributed by atoms with Crippen molar-refractivity contribution < 1.29 is 112 Å². The summed E-state index contributed by atoms with van der Waals surface area (Å²) in [6.45, 7) is 10.1. The molecule has 44 nitrogen and oxygen atoms in total. The van der Waals surface area contributed by atoms with Crippen LogP contribution in [0.5, 0.6) is 5.75 Å². The third-order valence-electron chi connectivity index (χ3n) is 21.7. The third-order valence-corrected chi connectivity index (χ3v) is 21.7. The minimum atomic E-state index is -1.99. The number of benzene rings is 3. The molecule has 6 rings (SSSR count). The van der Waals surface area contributed by atoms with Crippen molar-refractivity contribution in [3.05, 3.63) is 120 Å². The van der Waals surface area contributed by atoms with E-state index < -0.39 is 235 Å². The normalized spacial score (nSPS) is 17.1. The van der Waals surface area contributed by atoms with Crippen molar-refractivity contribution in [1.29, 1.82) is 5.41 Å². The maximum atomic E-state index is 14.8. The fraction of sp³-hybridized carbons (Fsp3) is 0.547. The SMILES string of the molecule is CC(C)C[C@H](NC(=O)[C@H](C)NC(=O)[C@H](CC(=O)O)NC(=O)[C@H](CCCCN)NC(=O)[C@H](CCCNC(=N)N)NC(=O)[C@@H](NC(=O)[C@@H](NC(=O)[C@H](Cc1ccc(O)cc1)NC(=O)[C@@H]1CCCN1C(=O)[C@@H](N)Cc1c[nH]cn1)[C@@H](C)O)C(C)C)C(=O)N1CCC[C@H]1C(=O)N[C@@H](CCC(=O)O)C(=O)N[C@@H](Cc1ccccc1)C(=O)N[C@@H](Cc1ccccc1)C(=O)N[C@H](C(=O)O)[C@@H](C)O. The van der Waals surface area contributed by atoms with Gasteiger partial charge < -0.3 is 132 Å². The number of hydrogen-bond donors (Lipinski definition) is 24. The molecule has 130 heavy (non-hydrogen) atoms. The number of aromatic hydroxyl groups is 1. The highest BCUT2D eigenvalue weighted by molar-refractivity contribution is 6.01. The monoisotopic (exact) mass is 1820 g/mol. The highest BCUT2D eigenvalue weighted by atomic mass is 16.4. The molecule has 3 heterocycles.